The van der Waals surface area contributed by atoms with Gasteiger partial charge in [0, 0.05) is 5.46 Å². The Morgan fingerprint density at radius 1 is 0.345 bits per heavy atom. The van der Waals surface area contributed by atoms with E-state index in [0.717, 1.165) is 90.2 Å². The number of nitrogens with zero attached hydrogens (tertiary/aromatic N) is 1. The van der Waals surface area contributed by atoms with Gasteiger partial charge in [0.2, 0.25) is 0 Å². The van der Waals surface area contributed by atoms with Crippen LogP contribution in [0.15, 0.2) is 182 Å². The number of hydrogen-bond acceptors (Lipinski definition) is 5. The second kappa shape index (κ2) is 11.4. The van der Waals surface area contributed by atoms with Gasteiger partial charge in [0.1, 0.15) is 28.7 Å². The molecule has 0 spiro atoms. The molecule has 12 rings (SSSR count). The largest absolute Gasteiger partial charge is 0.458 e. The molecule has 0 aliphatic carbocycles. The van der Waals surface area contributed by atoms with Gasteiger partial charge in [0.15, 0.2) is 23.0 Å². The summed E-state index contributed by atoms with van der Waals surface area (Å²) in [6.07, 6.45) is 0. The van der Waals surface area contributed by atoms with Crippen LogP contribution in [-0.4, -0.2) is 6.71 Å². The van der Waals surface area contributed by atoms with Gasteiger partial charge in [-0.1, -0.05) is 121 Å². The maximum atomic E-state index is 6.88. The highest BCUT2D eigenvalue weighted by molar-refractivity contribution is 6.98. The van der Waals surface area contributed by atoms with E-state index >= 15 is 0 Å². The third kappa shape index (κ3) is 4.25. The second-order valence-corrected chi connectivity index (χ2v) is 14.4. The van der Waals surface area contributed by atoms with Crippen LogP contribution in [-0.2, 0) is 5.41 Å². The highest BCUT2D eigenvalue weighted by Gasteiger charge is 2.46. The predicted octanol–water partition coefficient (Wildman–Crippen LogP) is 10.5. The van der Waals surface area contributed by atoms with Gasteiger partial charge in [-0.25, -0.2) is 0 Å². The number of anilines is 3. The third-order valence-electron chi connectivity index (χ3n) is 11.5. The van der Waals surface area contributed by atoms with Crippen molar-refractivity contribution >= 4 is 40.2 Å². The Morgan fingerprint density at radius 3 is 1.22 bits per heavy atom. The predicted molar refractivity (Wildman–Crippen MR) is 217 cm³/mol. The summed E-state index contributed by atoms with van der Waals surface area (Å²) >= 11 is 0. The van der Waals surface area contributed by atoms with Crippen LogP contribution in [0, 0.1) is 0 Å². The van der Waals surface area contributed by atoms with Gasteiger partial charge >= 0.3 is 0 Å². The van der Waals surface area contributed by atoms with Crippen LogP contribution in [0.1, 0.15) is 22.3 Å². The lowest BCUT2D eigenvalue weighted by molar-refractivity contribution is 0.443. The van der Waals surface area contributed by atoms with Crippen molar-refractivity contribution in [3.8, 4) is 46.0 Å². The van der Waals surface area contributed by atoms with Crippen molar-refractivity contribution in [1.82, 2.24) is 0 Å². The summed E-state index contributed by atoms with van der Waals surface area (Å²) in [5.74, 6) is 6.25. The van der Waals surface area contributed by atoms with Gasteiger partial charge < -0.3 is 18.9 Å². The molecule has 8 aromatic carbocycles. The highest BCUT2D eigenvalue weighted by Crippen LogP contribution is 2.61. The summed E-state index contributed by atoms with van der Waals surface area (Å²) < 4.78 is 27.5. The Hall–Kier alpha value is -7.18. The fourth-order valence-electron chi connectivity index (χ4n) is 9.23. The summed E-state index contributed by atoms with van der Waals surface area (Å²) in [6, 6.07) is 63.3. The van der Waals surface area contributed by atoms with E-state index in [2.05, 4.69) is 138 Å². The zero-order valence-electron chi connectivity index (χ0n) is 29.5. The zero-order chi connectivity index (χ0) is 36.1. The van der Waals surface area contributed by atoms with E-state index in [1.54, 1.807) is 0 Å². The highest BCUT2D eigenvalue weighted by atomic mass is 16.5. The molecule has 0 fully saturated rings. The van der Waals surface area contributed by atoms with E-state index in [9.17, 15) is 0 Å². The summed E-state index contributed by atoms with van der Waals surface area (Å²) in [4.78, 5) is 2.26. The molecule has 6 heteroatoms. The molecular weight excluding hydrogens is 677 g/mol. The number of rotatable bonds is 4. The van der Waals surface area contributed by atoms with Crippen molar-refractivity contribution in [2.75, 3.05) is 4.90 Å². The average molecular weight is 708 g/mol. The van der Waals surface area contributed by atoms with Crippen LogP contribution in [0.5, 0.6) is 46.0 Å². The smallest absolute Gasteiger partial charge is 0.260 e. The topological polar surface area (TPSA) is 40.2 Å². The van der Waals surface area contributed by atoms with E-state index in [1.807, 2.05) is 48.5 Å². The number of fused-ring (bicyclic) bond motifs is 8. The molecule has 0 atom stereocenters. The minimum Gasteiger partial charge on any atom is -0.458 e. The van der Waals surface area contributed by atoms with Gasteiger partial charge in [-0.05, 0) is 93.8 Å². The van der Waals surface area contributed by atoms with Crippen LogP contribution >= 0.6 is 0 Å². The van der Waals surface area contributed by atoms with Crippen LogP contribution in [0.3, 0.4) is 0 Å². The molecule has 0 saturated carbocycles. The van der Waals surface area contributed by atoms with Crippen LogP contribution in [0.4, 0.5) is 17.1 Å². The SMILES string of the molecule is c1ccc(C(c2ccccc2)(c2cc3c4c(c2)Oc2ccccc2B4c2ccccc2O3)c2cc3c4c(c2)Oc2ccccc2N4c2ccccc2O3)cc1. The Balaban J connectivity index is 1.17. The fourth-order valence-corrected chi connectivity index (χ4v) is 9.23. The molecule has 0 amide bonds. The standard InChI is InChI=1S/C49H30BNO4/c1-3-15-31(16-4-1)49(32-17-5-2-6-18-32,33-27-43-47-44(28-33)53-40-24-12-8-20-36(40)50(47)35-19-7-11-23-39(35)52-43)34-29-45-48-46(30-34)55-42-26-14-10-22-38(42)51(48)37-21-9-13-25-41(37)54-45/h1-30H. The molecule has 0 N–H and O–H groups in total. The second-order valence-electron chi connectivity index (χ2n) is 14.4. The summed E-state index contributed by atoms with van der Waals surface area (Å²) in [6.45, 7) is -0.0297. The minimum atomic E-state index is -0.874. The first-order valence-electron chi connectivity index (χ1n) is 18.6. The van der Waals surface area contributed by atoms with Crippen molar-refractivity contribution in [1.29, 1.82) is 0 Å². The molecule has 0 saturated heterocycles. The van der Waals surface area contributed by atoms with Gasteiger partial charge in [0.25, 0.3) is 6.71 Å². The minimum absolute atomic E-state index is 0.0297. The molecule has 4 aliphatic rings. The van der Waals surface area contributed by atoms with Gasteiger partial charge in [-0.15, -0.1) is 0 Å². The molecule has 5 nitrogen and oxygen atoms in total. The summed E-state index contributed by atoms with van der Waals surface area (Å²) in [7, 11) is 0. The molecular formula is C49H30BNO4. The maximum Gasteiger partial charge on any atom is 0.260 e. The first-order chi connectivity index (χ1) is 27.3. The van der Waals surface area contributed by atoms with E-state index < -0.39 is 5.41 Å². The normalized spacial score (nSPS) is 13.6. The molecule has 8 aromatic rings. The van der Waals surface area contributed by atoms with E-state index in [4.69, 9.17) is 18.9 Å². The Labute approximate surface area is 318 Å². The molecule has 4 heterocycles. The van der Waals surface area contributed by atoms with Crippen molar-refractivity contribution in [3.63, 3.8) is 0 Å². The third-order valence-corrected chi connectivity index (χ3v) is 11.5. The van der Waals surface area contributed by atoms with Crippen molar-refractivity contribution < 1.29 is 18.9 Å². The van der Waals surface area contributed by atoms with E-state index in [1.165, 1.54) is 0 Å². The maximum absolute atomic E-state index is 6.88. The number of hydrogen-bond donors (Lipinski definition) is 0. The number of ether oxygens (including phenoxy) is 4. The van der Waals surface area contributed by atoms with Gasteiger partial charge in [0.05, 0.1) is 16.8 Å². The van der Waals surface area contributed by atoms with Crippen LogP contribution in [0.2, 0.25) is 0 Å². The quantitative estimate of drug-likeness (QED) is 0.135. The monoisotopic (exact) mass is 707 g/mol. The van der Waals surface area contributed by atoms with Crippen LogP contribution in [0.25, 0.3) is 0 Å². The van der Waals surface area contributed by atoms with Gasteiger partial charge in [-0.3, -0.25) is 4.90 Å². The molecule has 0 bridgehead atoms. The molecule has 4 aliphatic heterocycles. The van der Waals surface area contributed by atoms with Crippen molar-refractivity contribution in [2.24, 2.45) is 0 Å². The first kappa shape index (κ1) is 30.3. The van der Waals surface area contributed by atoms with Crippen LogP contribution < -0.4 is 40.2 Å². The lowest BCUT2D eigenvalue weighted by Gasteiger charge is -2.42. The number of para-hydroxylation sites is 6. The molecule has 0 aromatic heterocycles. The first-order valence-corrected chi connectivity index (χ1v) is 18.6. The Bertz CT molecular complexity index is 2520. The molecule has 0 radical (unpaired) electrons. The van der Waals surface area contributed by atoms with Gasteiger partial charge in [-0.2, -0.15) is 0 Å². The summed E-state index contributed by atoms with van der Waals surface area (Å²) in [5.41, 5.74) is 9.36. The Morgan fingerprint density at radius 2 is 0.727 bits per heavy atom. The Kier molecular flexibility index (Phi) is 6.29. The molecule has 55 heavy (non-hydrogen) atoms. The lowest BCUT2D eigenvalue weighted by Crippen LogP contribution is -2.57. The van der Waals surface area contributed by atoms with Crippen molar-refractivity contribution in [3.05, 3.63) is 204 Å². The average Bonchev–Trinajstić information content (AvgIpc) is 3.24. The molecule has 258 valence electrons. The summed E-state index contributed by atoms with van der Waals surface area (Å²) in [5, 5.41) is 0. The fraction of sp³-hybridized carbons (Fsp3) is 0.0204. The number of benzene rings is 8. The van der Waals surface area contributed by atoms with E-state index in [0.29, 0.717) is 11.5 Å². The van der Waals surface area contributed by atoms with Crippen molar-refractivity contribution in [2.45, 2.75) is 5.41 Å². The molecule has 0 unspecified atom stereocenters. The lowest BCUT2D eigenvalue weighted by atomic mass is 9.35. The van der Waals surface area contributed by atoms with E-state index in [-0.39, 0.29) is 6.71 Å². The zero-order valence-corrected chi connectivity index (χ0v) is 29.5.